The minimum atomic E-state index is -0.634. The molecule has 26 heavy (non-hydrogen) atoms. The van der Waals surface area contributed by atoms with Gasteiger partial charge in [-0.05, 0) is 36.4 Å². The Labute approximate surface area is 149 Å². The highest BCUT2D eigenvalue weighted by Gasteiger charge is 2.17. The molecule has 0 amide bonds. The van der Waals surface area contributed by atoms with Crippen molar-refractivity contribution in [3.05, 3.63) is 65.9 Å². The molecule has 0 bridgehead atoms. The largest absolute Gasteiger partial charge is 0.465 e. The first-order valence-corrected chi connectivity index (χ1v) is 7.70. The number of fused-ring (bicyclic) bond motifs is 1. The number of carbonyl (C=O) groups is 2. The van der Waals surface area contributed by atoms with Crippen LogP contribution in [0.1, 0.15) is 20.8 Å². The summed E-state index contributed by atoms with van der Waals surface area (Å²) in [6.07, 6.45) is 0. The van der Waals surface area contributed by atoms with Gasteiger partial charge in [-0.3, -0.25) is 0 Å². The monoisotopic (exact) mass is 349 g/mol. The zero-order valence-corrected chi connectivity index (χ0v) is 14.2. The number of ether oxygens (including phenoxy) is 2. The summed E-state index contributed by atoms with van der Waals surface area (Å²) in [5.41, 5.74) is 1.93. The van der Waals surface area contributed by atoms with Gasteiger partial charge in [0.05, 0.1) is 36.7 Å². The number of hydrogen-bond donors (Lipinski definition) is 0. The molecule has 2 aromatic carbocycles. The third kappa shape index (κ3) is 3.56. The van der Waals surface area contributed by atoms with Crippen molar-refractivity contribution in [3.63, 3.8) is 0 Å². The maximum Gasteiger partial charge on any atom is 0.356 e. The second-order valence-electron chi connectivity index (χ2n) is 5.28. The first-order valence-electron chi connectivity index (χ1n) is 7.70. The van der Waals surface area contributed by atoms with Gasteiger partial charge < -0.3 is 9.47 Å². The van der Waals surface area contributed by atoms with Gasteiger partial charge in [-0.15, -0.1) is 0 Å². The SMILES string of the molecule is COC(=O)c1cc(C(=O)OC)c2cc(N=Nc3ccccc3)ccc2n1. The van der Waals surface area contributed by atoms with Gasteiger partial charge in [0.2, 0.25) is 0 Å². The quantitative estimate of drug-likeness (QED) is 0.519. The lowest BCUT2D eigenvalue weighted by Crippen LogP contribution is -2.09. The molecule has 0 unspecified atom stereocenters. The van der Waals surface area contributed by atoms with Crippen LogP contribution in [0.15, 0.2) is 64.8 Å². The topological polar surface area (TPSA) is 90.2 Å². The number of hydrogen-bond acceptors (Lipinski definition) is 7. The number of rotatable bonds is 4. The van der Waals surface area contributed by atoms with Crippen molar-refractivity contribution in [1.82, 2.24) is 4.98 Å². The van der Waals surface area contributed by atoms with Crippen LogP contribution in [0.2, 0.25) is 0 Å². The Morgan fingerprint density at radius 3 is 2.23 bits per heavy atom. The second kappa shape index (κ2) is 7.52. The highest BCUT2D eigenvalue weighted by atomic mass is 16.5. The van der Waals surface area contributed by atoms with Crippen LogP contribution in [0, 0.1) is 0 Å². The minimum absolute atomic E-state index is 0.0269. The Balaban J connectivity index is 2.09. The van der Waals surface area contributed by atoms with Gasteiger partial charge in [-0.25, -0.2) is 14.6 Å². The summed E-state index contributed by atoms with van der Waals surface area (Å²) in [7, 11) is 2.52. The van der Waals surface area contributed by atoms with Gasteiger partial charge in [0.15, 0.2) is 0 Å². The summed E-state index contributed by atoms with van der Waals surface area (Å²) in [4.78, 5) is 28.1. The second-order valence-corrected chi connectivity index (χ2v) is 5.28. The van der Waals surface area contributed by atoms with E-state index in [1.165, 1.54) is 20.3 Å². The molecule has 0 aliphatic carbocycles. The van der Waals surface area contributed by atoms with Crippen molar-refractivity contribution >= 4 is 34.2 Å². The number of esters is 2. The van der Waals surface area contributed by atoms with E-state index in [1.807, 2.05) is 30.3 Å². The lowest BCUT2D eigenvalue weighted by molar-refractivity contribution is 0.0594. The Kier molecular flexibility index (Phi) is 4.98. The van der Waals surface area contributed by atoms with Crippen molar-refractivity contribution in [1.29, 1.82) is 0 Å². The normalized spacial score (nSPS) is 10.8. The van der Waals surface area contributed by atoms with Crippen LogP contribution in [-0.4, -0.2) is 31.1 Å². The first-order chi connectivity index (χ1) is 12.6. The van der Waals surface area contributed by atoms with Crippen LogP contribution in [0.5, 0.6) is 0 Å². The number of benzene rings is 2. The molecule has 0 aliphatic heterocycles. The third-order valence-electron chi connectivity index (χ3n) is 3.63. The average Bonchev–Trinajstić information content (AvgIpc) is 2.70. The van der Waals surface area contributed by atoms with Gasteiger partial charge in [0.25, 0.3) is 0 Å². The third-order valence-corrected chi connectivity index (χ3v) is 3.63. The molecule has 1 aromatic heterocycles. The molecule has 0 fully saturated rings. The molecular weight excluding hydrogens is 334 g/mol. The van der Waals surface area contributed by atoms with E-state index in [1.54, 1.807) is 18.2 Å². The number of azo groups is 1. The predicted octanol–water partition coefficient (Wildman–Crippen LogP) is 4.22. The maximum atomic E-state index is 12.1. The highest BCUT2D eigenvalue weighted by molar-refractivity contribution is 6.06. The predicted molar refractivity (Wildman–Crippen MR) is 95.0 cm³/mol. The average molecular weight is 349 g/mol. The molecule has 0 saturated carbocycles. The van der Waals surface area contributed by atoms with Crippen molar-refractivity contribution in [2.45, 2.75) is 0 Å². The van der Waals surface area contributed by atoms with Gasteiger partial charge >= 0.3 is 11.9 Å². The summed E-state index contributed by atoms with van der Waals surface area (Å²) in [6, 6.07) is 15.6. The maximum absolute atomic E-state index is 12.1. The van der Waals surface area contributed by atoms with Gasteiger partial charge in [0, 0.05) is 5.39 Å². The molecule has 0 radical (unpaired) electrons. The number of pyridine rings is 1. The van der Waals surface area contributed by atoms with Crippen LogP contribution in [-0.2, 0) is 9.47 Å². The van der Waals surface area contributed by atoms with Crippen molar-refractivity contribution in [2.75, 3.05) is 14.2 Å². The Hall–Kier alpha value is -3.61. The summed E-state index contributed by atoms with van der Waals surface area (Å²) in [5.74, 6) is -1.22. The smallest absolute Gasteiger partial charge is 0.356 e. The molecule has 0 aliphatic rings. The number of aromatic nitrogens is 1. The number of methoxy groups -OCH3 is 2. The van der Waals surface area contributed by atoms with Crippen LogP contribution >= 0.6 is 0 Å². The van der Waals surface area contributed by atoms with Crippen molar-refractivity contribution in [2.24, 2.45) is 10.2 Å². The van der Waals surface area contributed by atoms with Crippen molar-refractivity contribution in [3.8, 4) is 0 Å². The fourth-order valence-corrected chi connectivity index (χ4v) is 2.37. The van der Waals surface area contributed by atoms with Gasteiger partial charge in [-0.1, -0.05) is 18.2 Å². The highest BCUT2D eigenvalue weighted by Crippen LogP contribution is 2.26. The Morgan fingerprint density at radius 2 is 1.54 bits per heavy atom. The lowest BCUT2D eigenvalue weighted by atomic mass is 10.1. The summed E-state index contributed by atoms with van der Waals surface area (Å²) < 4.78 is 9.49. The van der Waals surface area contributed by atoms with Crippen LogP contribution in [0.3, 0.4) is 0 Å². The molecule has 130 valence electrons. The van der Waals surface area contributed by atoms with E-state index < -0.39 is 11.9 Å². The molecule has 0 spiro atoms. The molecule has 7 heteroatoms. The van der Waals surface area contributed by atoms with Crippen LogP contribution in [0.4, 0.5) is 11.4 Å². The molecule has 0 N–H and O–H groups in total. The lowest BCUT2D eigenvalue weighted by Gasteiger charge is -2.07. The van der Waals surface area contributed by atoms with E-state index in [2.05, 4.69) is 19.9 Å². The molecular formula is C19H15N3O4. The van der Waals surface area contributed by atoms with Gasteiger partial charge in [0.1, 0.15) is 5.69 Å². The zero-order chi connectivity index (χ0) is 18.5. The summed E-state index contributed by atoms with van der Waals surface area (Å²) in [6.45, 7) is 0. The molecule has 0 saturated heterocycles. The van der Waals surface area contributed by atoms with E-state index in [4.69, 9.17) is 4.74 Å². The first kappa shape index (κ1) is 17.2. The van der Waals surface area contributed by atoms with Crippen LogP contribution < -0.4 is 0 Å². The fourth-order valence-electron chi connectivity index (χ4n) is 2.37. The fraction of sp³-hybridized carbons (Fsp3) is 0.105. The zero-order valence-electron chi connectivity index (χ0n) is 14.2. The Morgan fingerprint density at radius 1 is 0.846 bits per heavy atom. The van der Waals surface area contributed by atoms with E-state index in [0.29, 0.717) is 22.3 Å². The molecule has 7 nitrogen and oxygen atoms in total. The van der Waals surface area contributed by atoms with E-state index in [0.717, 1.165) is 0 Å². The van der Waals surface area contributed by atoms with Gasteiger partial charge in [-0.2, -0.15) is 10.2 Å². The number of carbonyl (C=O) groups excluding carboxylic acids is 2. The standard InChI is InChI=1S/C19H15N3O4/c1-25-18(23)15-11-17(19(24)26-2)20-16-9-8-13(10-14(15)16)22-21-12-6-4-3-5-7-12/h3-11H,1-2H3. The number of nitrogens with zero attached hydrogens (tertiary/aromatic N) is 3. The molecule has 1 heterocycles. The van der Waals surface area contributed by atoms with Crippen molar-refractivity contribution < 1.29 is 19.1 Å². The van der Waals surface area contributed by atoms with E-state index in [9.17, 15) is 9.59 Å². The molecule has 3 rings (SSSR count). The van der Waals surface area contributed by atoms with E-state index in [-0.39, 0.29) is 11.3 Å². The van der Waals surface area contributed by atoms with E-state index >= 15 is 0 Å². The molecule has 0 atom stereocenters. The summed E-state index contributed by atoms with van der Waals surface area (Å²) >= 11 is 0. The molecule has 3 aromatic rings. The summed E-state index contributed by atoms with van der Waals surface area (Å²) in [5, 5.41) is 8.84. The minimum Gasteiger partial charge on any atom is -0.465 e. The van der Waals surface area contributed by atoms with Crippen LogP contribution in [0.25, 0.3) is 10.9 Å². The Bertz CT molecular complexity index is 1000.